The van der Waals surface area contributed by atoms with Crippen molar-refractivity contribution in [3.63, 3.8) is 0 Å². The van der Waals surface area contributed by atoms with Gasteiger partial charge in [0.15, 0.2) is 9.84 Å². The summed E-state index contributed by atoms with van der Waals surface area (Å²) in [7, 11) is -2.06. The van der Waals surface area contributed by atoms with Crippen molar-refractivity contribution in [3.05, 3.63) is 59.2 Å². The molecule has 0 atom stereocenters. The van der Waals surface area contributed by atoms with Crippen LogP contribution in [0.5, 0.6) is 5.75 Å². The summed E-state index contributed by atoms with van der Waals surface area (Å²) in [4.78, 5) is 0.177. The molecule has 0 spiro atoms. The highest BCUT2D eigenvalue weighted by molar-refractivity contribution is 7.90. The molecule has 5 heteroatoms. The zero-order valence-corrected chi connectivity index (χ0v) is 12.6. The maximum Gasteiger partial charge on any atom is 0.186 e. The van der Waals surface area contributed by atoms with Crippen LogP contribution in [-0.4, -0.2) is 15.5 Å². The Morgan fingerprint density at radius 2 is 1.90 bits per heavy atom. The van der Waals surface area contributed by atoms with E-state index in [-0.39, 0.29) is 10.6 Å². The predicted molar refractivity (Wildman–Crippen MR) is 79.8 cm³/mol. The summed E-state index contributed by atoms with van der Waals surface area (Å²) in [6.07, 6.45) is 0. The van der Waals surface area contributed by atoms with Crippen molar-refractivity contribution < 1.29 is 13.2 Å². The number of para-hydroxylation sites is 1. The van der Waals surface area contributed by atoms with E-state index in [9.17, 15) is 8.42 Å². The molecular weight excluding hydrogens is 286 g/mol. The van der Waals surface area contributed by atoms with Crippen LogP contribution in [0.25, 0.3) is 0 Å². The summed E-state index contributed by atoms with van der Waals surface area (Å²) in [5.41, 5.74) is 1.98. The first-order valence-corrected chi connectivity index (χ1v) is 7.98. The van der Waals surface area contributed by atoms with Gasteiger partial charge in [-0.15, -0.1) is 0 Å². The van der Waals surface area contributed by atoms with E-state index >= 15 is 0 Å². The largest absolute Gasteiger partial charge is 0.495 e. The smallest absolute Gasteiger partial charge is 0.186 e. The van der Waals surface area contributed by atoms with Gasteiger partial charge in [0.2, 0.25) is 0 Å². The van der Waals surface area contributed by atoms with Crippen LogP contribution in [-0.2, 0) is 15.6 Å². The van der Waals surface area contributed by atoms with E-state index < -0.39 is 9.84 Å². The minimum atomic E-state index is -3.51. The van der Waals surface area contributed by atoms with Gasteiger partial charge in [-0.05, 0) is 42.3 Å². The van der Waals surface area contributed by atoms with E-state index in [2.05, 4.69) is 0 Å². The van der Waals surface area contributed by atoms with E-state index in [1.54, 1.807) is 43.3 Å². The lowest BCUT2D eigenvalue weighted by Crippen LogP contribution is -2.08. The minimum absolute atomic E-state index is 0.120. The van der Waals surface area contributed by atoms with Gasteiger partial charge in [-0.2, -0.15) is 5.26 Å². The third kappa shape index (κ3) is 3.23. The van der Waals surface area contributed by atoms with Gasteiger partial charge in [-0.3, -0.25) is 0 Å². The standard InChI is InChI=1S/C16H15NO3S/c1-12-9-13(10-17)7-8-14(12)11-21(18,19)16-6-4-3-5-15(16)20-2/h3-9H,11H2,1-2H3. The number of sulfone groups is 1. The Kier molecular flexibility index (Phi) is 4.29. The molecule has 0 saturated carbocycles. The van der Waals surface area contributed by atoms with Gasteiger partial charge in [0.05, 0.1) is 24.5 Å². The normalized spacial score (nSPS) is 10.9. The Balaban J connectivity index is 2.41. The summed E-state index contributed by atoms with van der Waals surface area (Å²) in [6.45, 7) is 1.80. The molecule has 21 heavy (non-hydrogen) atoms. The lowest BCUT2D eigenvalue weighted by Gasteiger charge is -2.11. The van der Waals surface area contributed by atoms with Gasteiger partial charge >= 0.3 is 0 Å². The van der Waals surface area contributed by atoms with Crippen LogP contribution in [0.1, 0.15) is 16.7 Å². The fourth-order valence-electron chi connectivity index (χ4n) is 2.09. The second kappa shape index (κ2) is 5.98. The van der Waals surface area contributed by atoms with Gasteiger partial charge in [-0.25, -0.2) is 8.42 Å². The van der Waals surface area contributed by atoms with Crippen LogP contribution >= 0.6 is 0 Å². The Morgan fingerprint density at radius 3 is 2.52 bits per heavy atom. The summed E-state index contributed by atoms with van der Waals surface area (Å²) in [5.74, 6) is 0.217. The maximum atomic E-state index is 12.5. The first-order valence-electron chi connectivity index (χ1n) is 6.33. The van der Waals surface area contributed by atoms with Gasteiger partial charge in [0.25, 0.3) is 0 Å². The Hall–Kier alpha value is -2.32. The molecule has 0 amide bonds. The number of aryl methyl sites for hydroxylation is 1. The molecular formula is C16H15NO3S. The summed E-state index contributed by atoms with van der Waals surface area (Å²) < 4.78 is 30.2. The molecule has 4 nitrogen and oxygen atoms in total. The number of methoxy groups -OCH3 is 1. The summed E-state index contributed by atoms with van der Waals surface area (Å²) in [6, 6.07) is 13.6. The molecule has 0 aliphatic rings. The molecule has 2 aromatic carbocycles. The molecule has 2 aromatic rings. The predicted octanol–water partition coefficient (Wildman–Crippen LogP) is 2.85. The number of hydrogen-bond donors (Lipinski definition) is 0. The quantitative estimate of drug-likeness (QED) is 0.871. The molecule has 0 bridgehead atoms. The fraction of sp³-hybridized carbons (Fsp3) is 0.188. The summed E-state index contributed by atoms with van der Waals surface area (Å²) in [5, 5.41) is 8.85. The highest BCUT2D eigenvalue weighted by atomic mass is 32.2. The number of nitriles is 1. The van der Waals surface area contributed by atoms with Crippen LogP contribution in [0.4, 0.5) is 0 Å². The van der Waals surface area contributed by atoms with E-state index in [1.165, 1.54) is 13.2 Å². The SMILES string of the molecule is COc1ccccc1S(=O)(=O)Cc1ccc(C#N)cc1C. The zero-order valence-electron chi connectivity index (χ0n) is 11.8. The molecule has 108 valence electrons. The average molecular weight is 301 g/mol. The van der Waals surface area contributed by atoms with Crippen molar-refractivity contribution in [2.24, 2.45) is 0 Å². The lowest BCUT2D eigenvalue weighted by atomic mass is 10.1. The van der Waals surface area contributed by atoms with Crippen molar-refractivity contribution in [1.82, 2.24) is 0 Å². The lowest BCUT2D eigenvalue weighted by molar-refractivity contribution is 0.402. The van der Waals surface area contributed by atoms with Gasteiger partial charge in [-0.1, -0.05) is 18.2 Å². The van der Waals surface area contributed by atoms with Gasteiger partial charge < -0.3 is 4.74 Å². The molecule has 0 saturated heterocycles. The molecule has 0 unspecified atom stereocenters. The maximum absolute atomic E-state index is 12.5. The van der Waals surface area contributed by atoms with Crippen LogP contribution < -0.4 is 4.74 Å². The van der Waals surface area contributed by atoms with E-state index in [4.69, 9.17) is 10.00 Å². The summed E-state index contributed by atoms with van der Waals surface area (Å²) >= 11 is 0. The minimum Gasteiger partial charge on any atom is -0.495 e. The monoisotopic (exact) mass is 301 g/mol. The first kappa shape index (κ1) is 15.1. The third-order valence-electron chi connectivity index (χ3n) is 3.22. The third-order valence-corrected chi connectivity index (χ3v) is 4.92. The molecule has 0 aromatic heterocycles. The highest BCUT2D eigenvalue weighted by Gasteiger charge is 2.20. The Bertz CT molecular complexity index is 805. The number of rotatable bonds is 4. The van der Waals surface area contributed by atoms with E-state index in [1.807, 2.05) is 6.07 Å². The van der Waals surface area contributed by atoms with Crippen molar-refractivity contribution in [3.8, 4) is 11.8 Å². The highest BCUT2D eigenvalue weighted by Crippen LogP contribution is 2.27. The van der Waals surface area contributed by atoms with Crippen LogP contribution in [0.3, 0.4) is 0 Å². The van der Waals surface area contributed by atoms with E-state index in [0.717, 1.165) is 5.56 Å². The Labute approximate surface area is 124 Å². The van der Waals surface area contributed by atoms with Crippen molar-refractivity contribution in [2.45, 2.75) is 17.6 Å². The molecule has 2 rings (SSSR count). The van der Waals surface area contributed by atoms with Gasteiger partial charge in [0.1, 0.15) is 10.6 Å². The van der Waals surface area contributed by atoms with Crippen LogP contribution in [0.15, 0.2) is 47.4 Å². The number of hydrogen-bond acceptors (Lipinski definition) is 4. The number of nitrogens with zero attached hydrogens (tertiary/aromatic N) is 1. The molecule has 0 N–H and O–H groups in total. The van der Waals surface area contributed by atoms with Crippen molar-refractivity contribution in [1.29, 1.82) is 5.26 Å². The molecule has 0 aliphatic carbocycles. The topological polar surface area (TPSA) is 67.2 Å². The van der Waals surface area contributed by atoms with Crippen LogP contribution in [0.2, 0.25) is 0 Å². The van der Waals surface area contributed by atoms with Gasteiger partial charge in [0, 0.05) is 0 Å². The second-order valence-electron chi connectivity index (χ2n) is 4.66. The molecule has 0 fully saturated rings. The Morgan fingerprint density at radius 1 is 1.19 bits per heavy atom. The molecule has 0 heterocycles. The number of ether oxygens (including phenoxy) is 1. The fourth-order valence-corrected chi connectivity index (χ4v) is 3.72. The average Bonchev–Trinajstić information content (AvgIpc) is 2.49. The second-order valence-corrected chi connectivity index (χ2v) is 6.62. The van der Waals surface area contributed by atoms with Crippen molar-refractivity contribution >= 4 is 9.84 Å². The zero-order chi connectivity index (χ0) is 15.5. The molecule has 0 aliphatic heterocycles. The number of benzene rings is 2. The van der Waals surface area contributed by atoms with E-state index in [0.29, 0.717) is 16.9 Å². The van der Waals surface area contributed by atoms with Crippen LogP contribution in [0, 0.1) is 18.3 Å². The molecule has 0 radical (unpaired) electrons. The first-order chi connectivity index (χ1) is 9.97. The van der Waals surface area contributed by atoms with Crippen molar-refractivity contribution in [2.75, 3.05) is 7.11 Å².